The van der Waals surface area contributed by atoms with Crippen LogP contribution < -0.4 is 10.2 Å². The van der Waals surface area contributed by atoms with Gasteiger partial charge in [-0.1, -0.05) is 22.9 Å². The average molecular weight is 576 g/mol. The molecule has 2 N–H and O–H groups in total. The average Bonchev–Trinajstić information content (AvgIpc) is 3.63. The van der Waals surface area contributed by atoms with Gasteiger partial charge in [0.25, 0.3) is 5.91 Å². The molecule has 10 nitrogen and oxygen atoms in total. The Labute approximate surface area is 234 Å². The van der Waals surface area contributed by atoms with Crippen LogP contribution in [0.3, 0.4) is 0 Å². The molecule has 3 aromatic heterocycles. The summed E-state index contributed by atoms with van der Waals surface area (Å²) in [4.78, 5) is 46.1. The zero-order valence-electron chi connectivity index (χ0n) is 21.1. The van der Waals surface area contributed by atoms with Crippen LogP contribution >= 0.6 is 34.3 Å². The Balaban J connectivity index is 1.23. The van der Waals surface area contributed by atoms with Crippen molar-refractivity contribution in [3.63, 3.8) is 0 Å². The summed E-state index contributed by atoms with van der Waals surface area (Å²) >= 11 is 9.23. The molecule has 0 radical (unpaired) electrons. The van der Waals surface area contributed by atoms with Crippen molar-refractivity contribution in [1.29, 1.82) is 0 Å². The van der Waals surface area contributed by atoms with Crippen molar-refractivity contribution < 1.29 is 14.7 Å². The van der Waals surface area contributed by atoms with Gasteiger partial charge in [-0.15, -0.1) is 11.3 Å². The second-order valence-corrected chi connectivity index (χ2v) is 12.0. The number of thiazole rings is 1. The summed E-state index contributed by atoms with van der Waals surface area (Å²) in [5, 5.41) is 14.9. The van der Waals surface area contributed by atoms with Gasteiger partial charge in [-0.05, 0) is 32.4 Å². The van der Waals surface area contributed by atoms with Gasteiger partial charge >= 0.3 is 5.97 Å². The number of halogens is 1. The second kappa shape index (κ2) is 12.0. The number of likely N-dealkylation sites (tertiary alicyclic amines) is 1. The van der Waals surface area contributed by atoms with Crippen LogP contribution in [-0.4, -0.2) is 87.0 Å². The van der Waals surface area contributed by atoms with Crippen LogP contribution in [0.1, 0.15) is 41.6 Å². The summed E-state index contributed by atoms with van der Waals surface area (Å²) in [6.45, 7) is 7.63. The molecule has 2 fully saturated rings. The number of aliphatic carboxylic acids is 1. The number of amides is 1. The third-order valence-electron chi connectivity index (χ3n) is 6.96. The molecule has 0 aliphatic carbocycles. The van der Waals surface area contributed by atoms with Gasteiger partial charge in [-0.2, -0.15) is 0 Å². The number of thiophene rings is 1. The minimum Gasteiger partial charge on any atom is -0.481 e. The SMILES string of the molecule is C[C@@H]1CCCN1Cc1sc(NC(=O)c2cnc(N3CCN(CCC(=O)O)CC3)cn2)nc1-c1cc(Cl)cs1. The van der Waals surface area contributed by atoms with E-state index in [9.17, 15) is 9.59 Å². The van der Waals surface area contributed by atoms with Crippen molar-refractivity contribution in [3.05, 3.63) is 39.4 Å². The van der Waals surface area contributed by atoms with E-state index in [4.69, 9.17) is 21.7 Å². The summed E-state index contributed by atoms with van der Waals surface area (Å²) in [6, 6.07) is 2.44. The molecule has 2 aliphatic heterocycles. The zero-order chi connectivity index (χ0) is 26.6. The minimum atomic E-state index is -0.783. The van der Waals surface area contributed by atoms with Crippen LogP contribution in [0, 0.1) is 0 Å². The van der Waals surface area contributed by atoms with E-state index in [1.807, 2.05) is 11.4 Å². The summed E-state index contributed by atoms with van der Waals surface area (Å²) in [5.74, 6) is -0.435. The fraction of sp³-hybridized carbons (Fsp3) is 0.480. The van der Waals surface area contributed by atoms with E-state index in [-0.39, 0.29) is 18.0 Å². The highest BCUT2D eigenvalue weighted by atomic mass is 35.5. The number of carboxylic acid groups (broad SMARTS) is 1. The maximum atomic E-state index is 13.0. The standard InChI is InChI=1S/C25H30ClN7O3S2/c1-16-3-2-5-33(16)14-20-23(19-11-17(26)15-37-19)29-25(38-20)30-24(36)18-12-28-21(13-27-18)32-9-7-31(8-10-32)6-4-22(34)35/h11-13,15-16H,2-10,14H2,1H3,(H,34,35)(H,29,30,36)/t16-/m1/s1. The molecule has 2 aliphatic rings. The van der Waals surface area contributed by atoms with Gasteiger partial charge < -0.3 is 10.0 Å². The first-order valence-corrected chi connectivity index (χ1v) is 14.7. The molecule has 202 valence electrons. The number of piperazine rings is 1. The van der Waals surface area contributed by atoms with Gasteiger partial charge in [0, 0.05) is 55.6 Å². The molecule has 1 amide bonds. The molecule has 0 saturated carbocycles. The largest absolute Gasteiger partial charge is 0.481 e. The van der Waals surface area contributed by atoms with Crippen molar-refractivity contribution >= 4 is 57.1 Å². The number of aromatic nitrogens is 3. The van der Waals surface area contributed by atoms with E-state index < -0.39 is 5.97 Å². The minimum absolute atomic E-state index is 0.143. The van der Waals surface area contributed by atoms with E-state index in [1.165, 1.54) is 30.4 Å². The molecule has 5 rings (SSSR count). The monoisotopic (exact) mass is 575 g/mol. The van der Waals surface area contributed by atoms with Gasteiger partial charge in [0.15, 0.2) is 5.13 Å². The lowest BCUT2D eigenvalue weighted by Gasteiger charge is -2.34. The summed E-state index contributed by atoms with van der Waals surface area (Å²) in [7, 11) is 0. The van der Waals surface area contributed by atoms with Gasteiger partial charge in [-0.3, -0.25) is 24.7 Å². The normalized spacial score (nSPS) is 18.7. The van der Waals surface area contributed by atoms with Crippen LogP contribution in [-0.2, 0) is 11.3 Å². The van der Waals surface area contributed by atoms with Crippen molar-refractivity contribution in [2.24, 2.45) is 0 Å². The Morgan fingerprint density at radius 1 is 1.18 bits per heavy atom. The molecule has 2 saturated heterocycles. The molecule has 3 aromatic rings. The van der Waals surface area contributed by atoms with Crippen molar-refractivity contribution in [2.75, 3.05) is 49.5 Å². The van der Waals surface area contributed by atoms with Crippen LogP contribution in [0.2, 0.25) is 5.02 Å². The van der Waals surface area contributed by atoms with Crippen molar-refractivity contribution in [1.82, 2.24) is 24.8 Å². The molecule has 13 heteroatoms. The lowest BCUT2D eigenvalue weighted by atomic mass is 10.2. The number of nitrogens with one attached hydrogen (secondary N) is 1. The molecule has 1 atom stereocenters. The lowest BCUT2D eigenvalue weighted by Crippen LogP contribution is -2.47. The van der Waals surface area contributed by atoms with Gasteiger partial charge in [0.05, 0.1) is 34.4 Å². The number of hydrogen-bond donors (Lipinski definition) is 2. The highest BCUT2D eigenvalue weighted by molar-refractivity contribution is 7.17. The first kappa shape index (κ1) is 26.9. The van der Waals surface area contributed by atoms with Crippen LogP contribution in [0.25, 0.3) is 10.6 Å². The second-order valence-electron chi connectivity index (χ2n) is 9.57. The van der Waals surface area contributed by atoms with Gasteiger partial charge in [-0.25, -0.2) is 15.0 Å². The zero-order valence-corrected chi connectivity index (χ0v) is 23.5. The highest BCUT2D eigenvalue weighted by Crippen LogP contribution is 2.37. The highest BCUT2D eigenvalue weighted by Gasteiger charge is 2.25. The molecular formula is C25H30ClN7O3S2. The first-order valence-electron chi connectivity index (χ1n) is 12.7. The number of rotatable bonds is 9. The lowest BCUT2D eigenvalue weighted by molar-refractivity contribution is -0.137. The van der Waals surface area contributed by atoms with E-state index in [1.54, 1.807) is 17.5 Å². The fourth-order valence-corrected chi connectivity index (χ4v) is 6.92. The maximum Gasteiger partial charge on any atom is 0.304 e. The molecular weight excluding hydrogens is 546 g/mol. The summed E-state index contributed by atoms with van der Waals surface area (Å²) < 4.78 is 0. The third kappa shape index (κ3) is 6.49. The van der Waals surface area contributed by atoms with Crippen LogP contribution in [0.4, 0.5) is 10.9 Å². The Morgan fingerprint density at radius 2 is 2.00 bits per heavy atom. The number of hydrogen-bond acceptors (Lipinski definition) is 10. The molecule has 0 bridgehead atoms. The van der Waals surface area contributed by atoms with E-state index in [0.717, 1.165) is 54.7 Å². The van der Waals surface area contributed by atoms with Gasteiger partial charge in [0.2, 0.25) is 0 Å². The summed E-state index contributed by atoms with van der Waals surface area (Å²) in [5.41, 5.74) is 1.09. The number of carbonyl (C=O) groups is 2. The fourth-order valence-electron chi connectivity index (χ4n) is 4.77. The van der Waals surface area contributed by atoms with E-state index in [2.05, 4.69) is 36.9 Å². The van der Waals surface area contributed by atoms with Crippen molar-refractivity contribution in [3.8, 4) is 10.6 Å². The smallest absolute Gasteiger partial charge is 0.304 e. The Hall–Kier alpha value is -2.64. The Kier molecular flexibility index (Phi) is 8.54. The van der Waals surface area contributed by atoms with E-state index in [0.29, 0.717) is 28.6 Å². The van der Waals surface area contributed by atoms with Gasteiger partial charge in [0.1, 0.15) is 11.5 Å². The topological polar surface area (TPSA) is 115 Å². The third-order valence-corrected chi connectivity index (χ3v) is 9.21. The molecule has 0 unspecified atom stereocenters. The van der Waals surface area contributed by atoms with Crippen LogP contribution in [0.5, 0.6) is 0 Å². The van der Waals surface area contributed by atoms with Crippen LogP contribution in [0.15, 0.2) is 23.8 Å². The molecule has 0 spiro atoms. The number of carboxylic acids is 1. The number of carbonyl (C=O) groups excluding carboxylic acids is 1. The van der Waals surface area contributed by atoms with Crippen molar-refractivity contribution in [2.45, 2.75) is 38.8 Å². The maximum absolute atomic E-state index is 13.0. The molecule has 5 heterocycles. The quantitative estimate of drug-likeness (QED) is 0.388. The predicted octanol–water partition coefficient (Wildman–Crippen LogP) is 4.15. The summed E-state index contributed by atoms with van der Waals surface area (Å²) in [6.07, 6.45) is 5.63. The van der Waals surface area contributed by atoms with E-state index >= 15 is 0 Å². The first-order chi connectivity index (χ1) is 18.4. The Morgan fingerprint density at radius 3 is 2.63 bits per heavy atom. The molecule has 0 aromatic carbocycles. The number of nitrogens with zero attached hydrogens (tertiary/aromatic N) is 6. The predicted molar refractivity (Wildman–Crippen MR) is 150 cm³/mol. The molecule has 38 heavy (non-hydrogen) atoms. The Bertz CT molecular complexity index is 1270. The number of anilines is 2.